The summed E-state index contributed by atoms with van der Waals surface area (Å²) in [7, 11) is -2.04. The Morgan fingerprint density at radius 2 is 1.96 bits per heavy atom. The molecule has 1 aliphatic carbocycles. The lowest BCUT2D eigenvalue weighted by atomic mass is 9.92. The number of hydrogen-bond acceptors (Lipinski definition) is 6. The first-order chi connectivity index (χ1) is 13.3. The van der Waals surface area contributed by atoms with Crippen molar-refractivity contribution in [1.82, 2.24) is 14.8 Å². The quantitative estimate of drug-likeness (QED) is 0.816. The molecule has 9 heteroatoms. The Balaban J connectivity index is 1.35. The number of methoxy groups -OCH3 is 1. The second-order valence-electron chi connectivity index (χ2n) is 7.53. The van der Waals surface area contributed by atoms with Gasteiger partial charge in [-0.15, -0.1) is 0 Å². The predicted octanol–water partition coefficient (Wildman–Crippen LogP) is 1.96. The van der Waals surface area contributed by atoms with Gasteiger partial charge in [-0.25, -0.2) is 13.1 Å². The summed E-state index contributed by atoms with van der Waals surface area (Å²) < 4.78 is 38.1. The van der Waals surface area contributed by atoms with Crippen LogP contribution in [0.5, 0.6) is 5.75 Å². The molecule has 4 rings (SSSR count). The van der Waals surface area contributed by atoms with Gasteiger partial charge in [0.1, 0.15) is 11.5 Å². The Hall–Kier alpha value is -2.39. The van der Waals surface area contributed by atoms with E-state index in [-0.39, 0.29) is 22.3 Å². The van der Waals surface area contributed by atoms with Gasteiger partial charge in [0.25, 0.3) is 5.91 Å². The van der Waals surface area contributed by atoms with Crippen LogP contribution < -0.4 is 9.46 Å². The molecule has 1 aromatic carbocycles. The maximum absolute atomic E-state index is 12.6. The molecule has 150 valence electrons. The monoisotopic (exact) mass is 405 g/mol. The first-order valence-corrected chi connectivity index (χ1v) is 10.7. The van der Waals surface area contributed by atoms with Gasteiger partial charge in [-0.05, 0) is 55.9 Å². The molecule has 1 N–H and O–H groups in total. The first-order valence-electron chi connectivity index (χ1n) is 9.22. The number of nitrogens with one attached hydrogen (secondary N) is 1. The van der Waals surface area contributed by atoms with Gasteiger partial charge < -0.3 is 14.2 Å². The second-order valence-corrected chi connectivity index (χ2v) is 9.24. The summed E-state index contributed by atoms with van der Waals surface area (Å²) in [6.07, 6.45) is 2.34. The Bertz CT molecular complexity index is 975. The number of benzene rings is 1. The molecule has 1 aromatic heterocycles. The van der Waals surface area contributed by atoms with E-state index in [1.807, 2.05) is 0 Å². The number of aromatic nitrogens is 1. The standard InChI is InChI=1S/C19H23N3O5S/c1-13-11-16(20-27-13)18(23)22-9-7-19(8-10-22)12-17(19)21-28(24,25)15-5-3-14(26-2)4-6-15/h3-6,11,17,21H,7-10,12H2,1-2H3. The highest BCUT2D eigenvalue weighted by atomic mass is 32.2. The van der Waals surface area contributed by atoms with Crippen molar-refractivity contribution < 1.29 is 22.5 Å². The molecule has 0 radical (unpaired) electrons. The second kappa shape index (κ2) is 6.89. The molecule has 1 atom stereocenters. The van der Waals surface area contributed by atoms with Crippen molar-refractivity contribution in [2.24, 2.45) is 5.41 Å². The van der Waals surface area contributed by atoms with Crippen LogP contribution in [0.25, 0.3) is 0 Å². The maximum Gasteiger partial charge on any atom is 0.276 e. The molecule has 28 heavy (non-hydrogen) atoms. The van der Waals surface area contributed by atoms with Crippen molar-refractivity contribution in [2.45, 2.75) is 37.1 Å². The number of hydrogen-bond donors (Lipinski definition) is 1. The largest absolute Gasteiger partial charge is 0.497 e. The summed E-state index contributed by atoms with van der Waals surface area (Å²) in [6, 6.07) is 7.88. The fourth-order valence-corrected chi connectivity index (χ4v) is 5.20. The number of rotatable bonds is 5. The van der Waals surface area contributed by atoms with E-state index >= 15 is 0 Å². The number of sulfonamides is 1. The van der Waals surface area contributed by atoms with Crippen LogP contribution in [-0.4, -0.2) is 50.6 Å². The van der Waals surface area contributed by atoms with E-state index in [0.717, 1.165) is 19.3 Å². The summed E-state index contributed by atoms with van der Waals surface area (Å²) in [5, 5.41) is 3.79. The molecule has 1 saturated carbocycles. The number of carbonyl (C=O) groups excluding carboxylic acids is 1. The van der Waals surface area contributed by atoms with Crippen LogP contribution in [-0.2, 0) is 10.0 Å². The van der Waals surface area contributed by atoms with E-state index in [0.29, 0.717) is 30.3 Å². The van der Waals surface area contributed by atoms with Crippen molar-refractivity contribution in [1.29, 1.82) is 0 Å². The first kappa shape index (κ1) is 18.9. The number of piperidine rings is 1. The lowest BCUT2D eigenvalue weighted by molar-refractivity contribution is 0.0663. The van der Waals surface area contributed by atoms with Gasteiger partial charge in [-0.2, -0.15) is 0 Å². The van der Waals surface area contributed by atoms with Crippen LogP contribution in [0.3, 0.4) is 0 Å². The molecule has 2 fully saturated rings. The molecule has 0 bridgehead atoms. The summed E-state index contributed by atoms with van der Waals surface area (Å²) in [6.45, 7) is 2.93. The molecule has 1 unspecified atom stereocenters. The van der Waals surface area contributed by atoms with Crippen molar-refractivity contribution in [3.05, 3.63) is 41.8 Å². The lowest BCUT2D eigenvalue weighted by Crippen LogP contribution is -2.41. The highest BCUT2D eigenvalue weighted by molar-refractivity contribution is 7.89. The molecule has 1 saturated heterocycles. The van der Waals surface area contributed by atoms with Crippen LogP contribution in [0, 0.1) is 12.3 Å². The van der Waals surface area contributed by atoms with Gasteiger partial charge in [0.2, 0.25) is 10.0 Å². The number of likely N-dealkylation sites (tertiary alicyclic amines) is 1. The fraction of sp³-hybridized carbons (Fsp3) is 0.474. The molecular formula is C19H23N3O5S. The van der Waals surface area contributed by atoms with Gasteiger partial charge in [0.15, 0.2) is 5.69 Å². The Morgan fingerprint density at radius 1 is 1.29 bits per heavy atom. The number of amides is 1. The van der Waals surface area contributed by atoms with Gasteiger partial charge in [-0.3, -0.25) is 4.79 Å². The minimum atomic E-state index is -3.58. The van der Waals surface area contributed by atoms with Crippen molar-refractivity contribution in [3.63, 3.8) is 0 Å². The van der Waals surface area contributed by atoms with Crippen molar-refractivity contribution in [2.75, 3.05) is 20.2 Å². The average molecular weight is 405 g/mol. The third-order valence-electron chi connectivity index (χ3n) is 5.75. The number of carbonyl (C=O) groups is 1. The van der Waals surface area contributed by atoms with Crippen LogP contribution in [0.2, 0.25) is 0 Å². The third-order valence-corrected chi connectivity index (χ3v) is 7.24. The highest BCUT2D eigenvalue weighted by Crippen LogP contribution is 2.54. The summed E-state index contributed by atoms with van der Waals surface area (Å²) >= 11 is 0. The van der Waals surface area contributed by atoms with E-state index in [1.54, 1.807) is 30.0 Å². The summed E-state index contributed by atoms with van der Waals surface area (Å²) in [5.74, 6) is 1.08. The van der Waals surface area contributed by atoms with E-state index in [2.05, 4.69) is 9.88 Å². The Kier molecular flexibility index (Phi) is 4.67. The number of nitrogens with zero attached hydrogens (tertiary/aromatic N) is 2. The van der Waals surface area contributed by atoms with Gasteiger partial charge in [0.05, 0.1) is 12.0 Å². The molecule has 2 aromatic rings. The van der Waals surface area contributed by atoms with Crippen molar-refractivity contribution in [3.8, 4) is 5.75 Å². The van der Waals surface area contributed by atoms with Crippen LogP contribution in [0.4, 0.5) is 0 Å². The zero-order valence-electron chi connectivity index (χ0n) is 15.8. The molecular weight excluding hydrogens is 382 g/mol. The van der Waals surface area contributed by atoms with Crippen LogP contribution >= 0.6 is 0 Å². The van der Waals surface area contributed by atoms with Gasteiger partial charge >= 0.3 is 0 Å². The van der Waals surface area contributed by atoms with E-state index in [4.69, 9.17) is 9.26 Å². The minimum absolute atomic E-state index is 0.0595. The van der Waals surface area contributed by atoms with E-state index < -0.39 is 10.0 Å². The van der Waals surface area contributed by atoms with Gasteiger partial charge in [-0.1, -0.05) is 5.16 Å². The Labute approximate surface area is 163 Å². The number of aryl methyl sites for hydroxylation is 1. The highest BCUT2D eigenvalue weighted by Gasteiger charge is 2.56. The normalized spacial score (nSPS) is 20.9. The third kappa shape index (κ3) is 3.51. The SMILES string of the molecule is COc1ccc(S(=O)(=O)NC2CC23CCN(C(=O)c2cc(C)on2)CC3)cc1. The molecule has 8 nitrogen and oxygen atoms in total. The average Bonchev–Trinajstić information content (AvgIpc) is 3.12. The zero-order chi connectivity index (χ0) is 19.9. The molecule has 1 amide bonds. The minimum Gasteiger partial charge on any atom is -0.497 e. The molecule has 1 aliphatic heterocycles. The maximum atomic E-state index is 12.6. The lowest BCUT2D eigenvalue weighted by Gasteiger charge is -2.32. The molecule has 2 aliphatic rings. The Morgan fingerprint density at radius 3 is 2.54 bits per heavy atom. The number of ether oxygens (including phenoxy) is 1. The smallest absolute Gasteiger partial charge is 0.276 e. The predicted molar refractivity (Wildman–Crippen MR) is 101 cm³/mol. The molecule has 2 heterocycles. The zero-order valence-corrected chi connectivity index (χ0v) is 16.7. The van der Waals surface area contributed by atoms with E-state index in [1.165, 1.54) is 19.2 Å². The summed E-state index contributed by atoms with van der Waals surface area (Å²) in [5.41, 5.74) is 0.261. The van der Waals surface area contributed by atoms with Crippen LogP contribution in [0.1, 0.15) is 35.5 Å². The topological polar surface area (TPSA) is 102 Å². The fourth-order valence-electron chi connectivity index (χ4n) is 3.86. The summed E-state index contributed by atoms with van der Waals surface area (Å²) in [4.78, 5) is 14.5. The van der Waals surface area contributed by atoms with Crippen molar-refractivity contribution >= 4 is 15.9 Å². The van der Waals surface area contributed by atoms with Crippen LogP contribution in [0.15, 0.2) is 39.8 Å². The van der Waals surface area contributed by atoms with Gasteiger partial charge in [0, 0.05) is 25.2 Å². The molecule has 1 spiro atoms. The van der Waals surface area contributed by atoms with E-state index in [9.17, 15) is 13.2 Å².